The van der Waals surface area contributed by atoms with Gasteiger partial charge >= 0.3 is 0 Å². The normalized spacial score (nSPS) is 17.3. The minimum absolute atomic E-state index is 0.0207. The van der Waals surface area contributed by atoms with Crippen LogP contribution >= 0.6 is 0 Å². The monoisotopic (exact) mass is 247 g/mol. The van der Waals surface area contributed by atoms with Gasteiger partial charge in [0.2, 0.25) is 5.91 Å². The third kappa shape index (κ3) is 3.10. The van der Waals surface area contributed by atoms with E-state index in [-0.39, 0.29) is 11.8 Å². The van der Waals surface area contributed by atoms with Crippen LogP contribution < -0.4 is 0 Å². The first kappa shape index (κ1) is 13.1. The Labute approximate surface area is 109 Å². The topological polar surface area (TPSA) is 29.5 Å². The molecular weight excluding hydrogens is 226 g/mol. The fraction of sp³-hybridized carbons (Fsp3) is 0.533. The number of hydrogen-bond acceptors (Lipinski definition) is 2. The van der Waals surface area contributed by atoms with E-state index < -0.39 is 0 Å². The fourth-order valence-electron chi connectivity index (χ4n) is 2.46. The molecule has 1 aliphatic heterocycles. The van der Waals surface area contributed by atoms with Gasteiger partial charge in [0.15, 0.2) is 0 Å². The van der Waals surface area contributed by atoms with Crippen molar-refractivity contribution < 1.29 is 9.53 Å². The van der Waals surface area contributed by atoms with Gasteiger partial charge in [-0.1, -0.05) is 37.3 Å². The number of ether oxygens (including phenoxy) is 1. The largest absolute Gasteiger partial charge is 0.384 e. The van der Waals surface area contributed by atoms with Crippen molar-refractivity contribution in [2.75, 3.05) is 26.8 Å². The molecule has 1 fully saturated rings. The van der Waals surface area contributed by atoms with Gasteiger partial charge in [0, 0.05) is 20.2 Å². The lowest BCUT2D eigenvalue weighted by Gasteiger charge is -2.40. The molecule has 1 heterocycles. The number of nitrogens with zero attached hydrogens (tertiary/aromatic N) is 1. The van der Waals surface area contributed by atoms with Crippen molar-refractivity contribution in [1.82, 2.24) is 4.90 Å². The molecule has 18 heavy (non-hydrogen) atoms. The third-order valence-corrected chi connectivity index (χ3v) is 3.47. The molecule has 2 rings (SSSR count). The van der Waals surface area contributed by atoms with E-state index in [1.807, 2.05) is 17.9 Å². The zero-order valence-corrected chi connectivity index (χ0v) is 11.1. The van der Waals surface area contributed by atoms with Crippen molar-refractivity contribution in [3.05, 3.63) is 35.9 Å². The molecule has 0 N–H and O–H groups in total. The van der Waals surface area contributed by atoms with Gasteiger partial charge in [-0.05, 0) is 17.9 Å². The maximum atomic E-state index is 12.0. The molecule has 1 aromatic rings. The zero-order valence-electron chi connectivity index (χ0n) is 11.1. The number of benzene rings is 1. The summed E-state index contributed by atoms with van der Waals surface area (Å²) < 4.78 is 5.02. The smallest absolute Gasteiger partial charge is 0.227 e. The first-order valence-electron chi connectivity index (χ1n) is 6.52. The predicted molar refractivity (Wildman–Crippen MR) is 71.3 cm³/mol. The highest BCUT2D eigenvalue weighted by molar-refractivity contribution is 5.79. The summed E-state index contributed by atoms with van der Waals surface area (Å²) in [5.74, 6) is 0.819. The minimum atomic E-state index is -0.0207. The first-order chi connectivity index (χ1) is 8.70. The van der Waals surface area contributed by atoms with Gasteiger partial charge in [0.05, 0.1) is 12.5 Å². The number of amides is 1. The predicted octanol–water partition coefficient (Wildman–Crippen LogP) is 1.97. The summed E-state index contributed by atoms with van der Waals surface area (Å²) in [6.45, 7) is 4.22. The SMILES string of the molecule is COCC(C)C(=O)N1CC(Cc2ccccc2)C1. The van der Waals surface area contributed by atoms with E-state index in [2.05, 4.69) is 24.3 Å². The summed E-state index contributed by atoms with van der Waals surface area (Å²) in [5, 5.41) is 0. The average Bonchev–Trinajstić information content (AvgIpc) is 2.34. The van der Waals surface area contributed by atoms with Gasteiger partial charge in [-0.25, -0.2) is 0 Å². The van der Waals surface area contributed by atoms with Gasteiger partial charge in [0.25, 0.3) is 0 Å². The third-order valence-electron chi connectivity index (χ3n) is 3.47. The Bertz CT molecular complexity index is 385. The van der Waals surface area contributed by atoms with Crippen LogP contribution in [-0.2, 0) is 16.0 Å². The Morgan fingerprint density at radius 1 is 1.39 bits per heavy atom. The van der Waals surface area contributed by atoms with Gasteiger partial charge in [-0.3, -0.25) is 4.79 Å². The fourth-order valence-corrected chi connectivity index (χ4v) is 2.46. The molecule has 0 aliphatic carbocycles. The summed E-state index contributed by atoms with van der Waals surface area (Å²) in [6, 6.07) is 10.5. The highest BCUT2D eigenvalue weighted by Gasteiger charge is 2.32. The van der Waals surface area contributed by atoms with Gasteiger partial charge in [-0.15, -0.1) is 0 Å². The van der Waals surface area contributed by atoms with E-state index in [1.54, 1.807) is 7.11 Å². The van der Waals surface area contributed by atoms with Crippen LogP contribution in [0, 0.1) is 11.8 Å². The van der Waals surface area contributed by atoms with Gasteiger partial charge in [-0.2, -0.15) is 0 Å². The molecule has 1 aromatic carbocycles. The van der Waals surface area contributed by atoms with Crippen molar-refractivity contribution in [2.45, 2.75) is 13.3 Å². The van der Waals surface area contributed by atoms with E-state index >= 15 is 0 Å². The Hall–Kier alpha value is -1.35. The molecule has 0 spiro atoms. The molecule has 1 aliphatic rings. The van der Waals surface area contributed by atoms with Gasteiger partial charge in [0.1, 0.15) is 0 Å². The van der Waals surface area contributed by atoms with Crippen LogP contribution in [0.5, 0.6) is 0 Å². The lowest BCUT2D eigenvalue weighted by molar-refractivity contribution is -0.143. The van der Waals surface area contributed by atoms with Crippen molar-refractivity contribution in [3.8, 4) is 0 Å². The highest BCUT2D eigenvalue weighted by Crippen LogP contribution is 2.22. The van der Waals surface area contributed by atoms with Crippen molar-refractivity contribution in [3.63, 3.8) is 0 Å². The molecule has 1 amide bonds. The van der Waals surface area contributed by atoms with Crippen LogP contribution in [0.15, 0.2) is 30.3 Å². The molecule has 0 radical (unpaired) electrons. The zero-order chi connectivity index (χ0) is 13.0. The molecule has 0 bridgehead atoms. The minimum Gasteiger partial charge on any atom is -0.384 e. The van der Waals surface area contributed by atoms with Crippen LogP contribution in [0.25, 0.3) is 0 Å². The molecule has 0 aromatic heterocycles. The molecule has 98 valence electrons. The number of likely N-dealkylation sites (tertiary alicyclic amines) is 1. The van der Waals surface area contributed by atoms with Crippen LogP contribution in [0.2, 0.25) is 0 Å². The first-order valence-corrected chi connectivity index (χ1v) is 6.52. The number of carbonyl (C=O) groups excluding carboxylic acids is 1. The number of methoxy groups -OCH3 is 1. The molecule has 0 saturated carbocycles. The maximum absolute atomic E-state index is 12.0. The summed E-state index contributed by atoms with van der Waals surface area (Å²) in [7, 11) is 1.64. The standard InChI is InChI=1S/C15H21NO2/c1-12(11-18-2)15(17)16-9-14(10-16)8-13-6-4-3-5-7-13/h3-7,12,14H,8-11H2,1-2H3. The summed E-state index contributed by atoms with van der Waals surface area (Å²) >= 11 is 0. The average molecular weight is 247 g/mol. The Balaban J connectivity index is 1.75. The molecular formula is C15H21NO2. The highest BCUT2D eigenvalue weighted by atomic mass is 16.5. The molecule has 3 heteroatoms. The van der Waals surface area contributed by atoms with Crippen LogP contribution in [-0.4, -0.2) is 37.6 Å². The molecule has 1 atom stereocenters. The summed E-state index contributed by atoms with van der Waals surface area (Å²) in [6.07, 6.45) is 1.07. The lowest BCUT2D eigenvalue weighted by atomic mass is 9.91. The van der Waals surface area contributed by atoms with Gasteiger partial charge < -0.3 is 9.64 Å². The molecule has 3 nitrogen and oxygen atoms in total. The van der Waals surface area contributed by atoms with Crippen molar-refractivity contribution in [1.29, 1.82) is 0 Å². The van der Waals surface area contributed by atoms with E-state index in [0.717, 1.165) is 19.5 Å². The Kier molecular flexibility index (Phi) is 4.37. The number of rotatable bonds is 5. The van der Waals surface area contributed by atoms with Crippen molar-refractivity contribution >= 4 is 5.91 Å². The quantitative estimate of drug-likeness (QED) is 0.796. The van der Waals surface area contributed by atoms with E-state index in [0.29, 0.717) is 12.5 Å². The Morgan fingerprint density at radius 2 is 2.06 bits per heavy atom. The summed E-state index contributed by atoms with van der Waals surface area (Å²) in [5.41, 5.74) is 1.36. The number of carbonyl (C=O) groups is 1. The maximum Gasteiger partial charge on any atom is 0.227 e. The second-order valence-electron chi connectivity index (χ2n) is 5.16. The molecule has 1 saturated heterocycles. The van der Waals surface area contributed by atoms with E-state index in [1.165, 1.54) is 5.56 Å². The van der Waals surface area contributed by atoms with Crippen LogP contribution in [0.1, 0.15) is 12.5 Å². The van der Waals surface area contributed by atoms with E-state index in [4.69, 9.17) is 4.74 Å². The van der Waals surface area contributed by atoms with Crippen LogP contribution in [0.4, 0.5) is 0 Å². The van der Waals surface area contributed by atoms with Crippen LogP contribution in [0.3, 0.4) is 0 Å². The second kappa shape index (κ2) is 6.01. The second-order valence-corrected chi connectivity index (χ2v) is 5.16. The molecule has 1 unspecified atom stereocenters. The lowest BCUT2D eigenvalue weighted by Crippen LogP contribution is -2.52. The summed E-state index contributed by atoms with van der Waals surface area (Å²) in [4.78, 5) is 13.9. The van der Waals surface area contributed by atoms with E-state index in [9.17, 15) is 4.79 Å². The number of hydrogen-bond donors (Lipinski definition) is 0. The Morgan fingerprint density at radius 3 is 2.67 bits per heavy atom. The van der Waals surface area contributed by atoms with Crippen molar-refractivity contribution in [2.24, 2.45) is 11.8 Å².